The van der Waals surface area contributed by atoms with Crippen molar-refractivity contribution in [1.82, 2.24) is 5.16 Å². The smallest absolute Gasteiger partial charge is 0.374 e. The van der Waals surface area contributed by atoms with Crippen molar-refractivity contribution in [2.75, 3.05) is 31.2 Å². The molecule has 0 radical (unpaired) electrons. The van der Waals surface area contributed by atoms with Crippen LogP contribution in [0.25, 0.3) is 11.3 Å². The van der Waals surface area contributed by atoms with Crippen molar-refractivity contribution < 1.29 is 19.2 Å². The van der Waals surface area contributed by atoms with Crippen LogP contribution in [0.15, 0.2) is 28.8 Å². The lowest BCUT2D eigenvalue weighted by Crippen LogP contribution is -2.36. The molecule has 6 nitrogen and oxygen atoms in total. The van der Waals surface area contributed by atoms with Crippen molar-refractivity contribution in [2.45, 2.75) is 0 Å². The Balaban J connectivity index is 2.02. The molecule has 0 spiro atoms. The van der Waals surface area contributed by atoms with Crippen molar-refractivity contribution in [3.05, 3.63) is 35.0 Å². The Morgan fingerprint density at radius 3 is 2.71 bits per heavy atom. The Bertz CT molecular complexity index is 665. The van der Waals surface area contributed by atoms with E-state index in [1.54, 1.807) is 12.1 Å². The summed E-state index contributed by atoms with van der Waals surface area (Å²) in [5, 5.41) is 13.3. The summed E-state index contributed by atoms with van der Waals surface area (Å²) in [4.78, 5) is 13.1. The van der Waals surface area contributed by atoms with E-state index in [-0.39, 0.29) is 5.76 Å². The maximum Gasteiger partial charge on any atom is 0.374 e. The minimum atomic E-state index is -1.15. The van der Waals surface area contributed by atoms with E-state index in [1.807, 2.05) is 6.07 Å². The highest BCUT2D eigenvalue weighted by atomic mass is 35.5. The molecule has 1 aromatic heterocycles. The van der Waals surface area contributed by atoms with Crippen LogP contribution in [0.2, 0.25) is 5.02 Å². The summed E-state index contributed by atoms with van der Waals surface area (Å²) in [7, 11) is 0. The fourth-order valence-corrected chi connectivity index (χ4v) is 2.47. The van der Waals surface area contributed by atoms with Gasteiger partial charge >= 0.3 is 5.97 Å². The molecule has 1 N–H and O–H groups in total. The number of hydrogen-bond acceptors (Lipinski definition) is 5. The number of carboxylic acids is 1. The van der Waals surface area contributed by atoms with Crippen LogP contribution in [0.3, 0.4) is 0 Å². The van der Waals surface area contributed by atoms with Crippen molar-refractivity contribution >= 4 is 23.3 Å². The highest BCUT2D eigenvalue weighted by Crippen LogP contribution is 2.33. The van der Waals surface area contributed by atoms with Gasteiger partial charge in [0.25, 0.3) is 0 Å². The Labute approximate surface area is 125 Å². The summed E-state index contributed by atoms with van der Waals surface area (Å²) in [6.45, 7) is 2.83. The van der Waals surface area contributed by atoms with Crippen molar-refractivity contribution in [1.29, 1.82) is 0 Å². The third kappa shape index (κ3) is 2.86. The van der Waals surface area contributed by atoms with E-state index in [2.05, 4.69) is 10.1 Å². The largest absolute Gasteiger partial charge is 0.475 e. The first-order chi connectivity index (χ1) is 10.1. The van der Waals surface area contributed by atoms with E-state index in [0.717, 1.165) is 24.3 Å². The Kier molecular flexibility index (Phi) is 3.81. The van der Waals surface area contributed by atoms with Gasteiger partial charge in [0.15, 0.2) is 0 Å². The molecular weight excluding hydrogens is 296 g/mol. The third-order valence-corrected chi connectivity index (χ3v) is 3.54. The molecule has 1 aromatic carbocycles. The molecule has 21 heavy (non-hydrogen) atoms. The van der Waals surface area contributed by atoms with Crippen LogP contribution in [0.5, 0.6) is 0 Å². The second-order valence-corrected chi connectivity index (χ2v) is 5.08. The number of aromatic carboxylic acids is 1. The lowest BCUT2D eigenvalue weighted by molar-refractivity contribution is 0.0652. The average Bonchev–Trinajstić information content (AvgIpc) is 2.98. The molecule has 2 heterocycles. The molecule has 1 fully saturated rings. The molecule has 0 bridgehead atoms. The SMILES string of the molecule is O=C(O)c1cc(-c2cc(Cl)ccc2N2CCOCC2)no1. The number of rotatable bonds is 3. The normalized spacial score (nSPS) is 15.2. The fraction of sp³-hybridized carbons (Fsp3) is 0.286. The number of carbonyl (C=O) groups is 1. The van der Waals surface area contributed by atoms with Crippen LogP contribution < -0.4 is 4.90 Å². The molecular formula is C14H13ClN2O4. The summed E-state index contributed by atoms with van der Waals surface area (Å²) < 4.78 is 10.2. The minimum Gasteiger partial charge on any atom is -0.475 e. The molecule has 110 valence electrons. The van der Waals surface area contributed by atoms with Crippen LogP contribution in [0, 0.1) is 0 Å². The number of benzene rings is 1. The molecule has 0 saturated carbocycles. The Hall–Kier alpha value is -2.05. The number of hydrogen-bond donors (Lipinski definition) is 1. The quantitative estimate of drug-likeness (QED) is 0.939. The van der Waals surface area contributed by atoms with Gasteiger partial charge in [0.1, 0.15) is 5.69 Å². The summed E-state index contributed by atoms with van der Waals surface area (Å²) >= 11 is 6.06. The summed E-state index contributed by atoms with van der Waals surface area (Å²) in [6.07, 6.45) is 0. The minimum absolute atomic E-state index is 0.196. The second kappa shape index (κ2) is 5.75. The third-order valence-electron chi connectivity index (χ3n) is 3.31. The zero-order chi connectivity index (χ0) is 14.8. The van der Waals surface area contributed by atoms with Crippen LogP contribution in [0.1, 0.15) is 10.6 Å². The number of morpholine rings is 1. The number of halogens is 1. The van der Waals surface area contributed by atoms with Crippen LogP contribution in [-0.4, -0.2) is 42.5 Å². The van der Waals surface area contributed by atoms with Gasteiger partial charge in [0.05, 0.1) is 13.2 Å². The molecule has 0 atom stereocenters. The lowest BCUT2D eigenvalue weighted by Gasteiger charge is -2.30. The standard InChI is InChI=1S/C14H13ClN2O4/c15-9-1-2-12(17-3-5-20-6-4-17)10(7-9)11-8-13(14(18)19)21-16-11/h1-2,7-8H,3-6H2,(H,18,19). The first kappa shape index (κ1) is 13.9. The maximum absolute atomic E-state index is 10.9. The monoisotopic (exact) mass is 308 g/mol. The molecule has 1 aliphatic rings. The van der Waals surface area contributed by atoms with E-state index in [1.165, 1.54) is 6.07 Å². The zero-order valence-corrected chi connectivity index (χ0v) is 11.8. The maximum atomic E-state index is 10.9. The summed E-state index contributed by atoms with van der Waals surface area (Å²) in [5.41, 5.74) is 2.14. The Morgan fingerprint density at radius 1 is 1.29 bits per heavy atom. The number of aromatic nitrogens is 1. The molecule has 0 amide bonds. The predicted molar refractivity (Wildman–Crippen MR) is 76.9 cm³/mol. The molecule has 0 unspecified atom stereocenters. The van der Waals surface area contributed by atoms with Gasteiger partial charge in [-0.05, 0) is 18.2 Å². The van der Waals surface area contributed by atoms with Gasteiger partial charge in [-0.15, -0.1) is 0 Å². The van der Waals surface area contributed by atoms with Crippen LogP contribution in [-0.2, 0) is 4.74 Å². The summed E-state index contributed by atoms with van der Waals surface area (Å²) in [5.74, 6) is -1.35. The van der Waals surface area contributed by atoms with E-state index < -0.39 is 5.97 Å². The highest BCUT2D eigenvalue weighted by Gasteiger charge is 2.19. The van der Waals surface area contributed by atoms with E-state index >= 15 is 0 Å². The second-order valence-electron chi connectivity index (χ2n) is 4.64. The van der Waals surface area contributed by atoms with Gasteiger partial charge in [-0.3, -0.25) is 0 Å². The van der Waals surface area contributed by atoms with Gasteiger partial charge in [0.2, 0.25) is 5.76 Å². The van der Waals surface area contributed by atoms with E-state index in [4.69, 9.17) is 26.0 Å². The highest BCUT2D eigenvalue weighted by molar-refractivity contribution is 6.31. The van der Waals surface area contributed by atoms with E-state index in [0.29, 0.717) is 23.9 Å². The Morgan fingerprint density at radius 2 is 2.05 bits per heavy atom. The van der Waals surface area contributed by atoms with Gasteiger partial charge < -0.3 is 19.3 Å². The van der Waals surface area contributed by atoms with Gasteiger partial charge in [-0.2, -0.15) is 0 Å². The predicted octanol–water partition coefficient (Wildman–Crippen LogP) is 2.53. The number of ether oxygens (including phenoxy) is 1. The van der Waals surface area contributed by atoms with Gasteiger partial charge in [-0.1, -0.05) is 16.8 Å². The molecule has 0 aliphatic carbocycles. The lowest BCUT2D eigenvalue weighted by atomic mass is 10.1. The van der Waals surface area contributed by atoms with Gasteiger partial charge in [-0.25, -0.2) is 4.79 Å². The molecule has 1 saturated heterocycles. The topological polar surface area (TPSA) is 75.8 Å². The first-order valence-electron chi connectivity index (χ1n) is 6.48. The van der Waals surface area contributed by atoms with Crippen LogP contribution >= 0.6 is 11.6 Å². The first-order valence-corrected chi connectivity index (χ1v) is 6.85. The van der Waals surface area contributed by atoms with Crippen molar-refractivity contribution in [2.24, 2.45) is 0 Å². The number of nitrogens with zero attached hydrogens (tertiary/aromatic N) is 2. The molecule has 3 rings (SSSR count). The average molecular weight is 309 g/mol. The van der Waals surface area contributed by atoms with Crippen molar-refractivity contribution in [3.63, 3.8) is 0 Å². The number of carboxylic acid groups (broad SMARTS) is 1. The van der Waals surface area contributed by atoms with Crippen molar-refractivity contribution in [3.8, 4) is 11.3 Å². The molecule has 1 aliphatic heterocycles. The van der Waals surface area contributed by atoms with E-state index in [9.17, 15) is 4.79 Å². The fourth-order valence-electron chi connectivity index (χ4n) is 2.30. The zero-order valence-electron chi connectivity index (χ0n) is 11.1. The summed E-state index contributed by atoms with van der Waals surface area (Å²) in [6, 6.07) is 6.86. The molecule has 7 heteroatoms. The van der Waals surface area contributed by atoms with Crippen LogP contribution in [0.4, 0.5) is 5.69 Å². The molecule has 2 aromatic rings. The number of anilines is 1. The van der Waals surface area contributed by atoms with Gasteiger partial charge in [0, 0.05) is 35.4 Å².